The number of aryl methyl sites for hydroxylation is 1. The van der Waals surface area contributed by atoms with Crippen molar-refractivity contribution in [2.45, 2.75) is 13.8 Å². The van der Waals surface area contributed by atoms with Gasteiger partial charge in [0.1, 0.15) is 0 Å². The molecule has 0 aliphatic carbocycles. The molecule has 2 aromatic heterocycles. The van der Waals surface area contributed by atoms with Crippen LogP contribution in [0.3, 0.4) is 0 Å². The molecule has 0 spiro atoms. The lowest BCUT2D eigenvalue weighted by Gasteiger charge is -2.04. The normalized spacial score (nSPS) is 11.3. The highest BCUT2D eigenvalue weighted by Gasteiger charge is 2.12. The number of hydrogen-bond donors (Lipinski definition) is 0. The van der Waals surface area contributed by atoms with E-state index >= 15 is 0 Å². The lowest BCUT2D eigenvalue weighted by Crippen LogP contribution is -2.03. The molecule has 0 amide bonds. The zero-order valence-electron chi connectivity index (χ0n) is 10.1. The van der Waals surface area contributed by atoms with Crippen LogP contribution >= 0.6 is 11.6 Å². The summed E-state index contributed by atoms with van der Waals surface area (Å²) in [6.07, 6.45) is 3.65. The Kier molecular flexibility index (Phi) is 2.38. The molecule has 0 bridgehead atoms. The Balaban J connectivity index is 2.59. The molecule has 0 atom stereocenters. The van der Waals surface area contributed by atoms with Gasteiger partial charge in [0.2, 0.25) is 5.91 Å². The molecular formula is C14H11ClN2O. The van der Waals surface area contributed by atoms with Crippen LogP contribution in [0.4, 0.5) is 0 Å². The van der Waals surface area contributed by atoms with Crippen molar-refractivity contribution in [1.29, 1.82) is 0 Å². The number of carbonyl (C=O) groups excluding carboxylic acids is 1. The number of hydrogen-bond acceptors (Lipinski definition) is 2. The van der Waals surface area contributed by atoms with E-state index in [1.807, 2.05) is 25.3 Å². The third kappa shape index (κ3) is 1.51. The Morgan fingerprint density at radius 3 is 2.83 bits per heavy atom. The maximum atomic E-state index is 11.7. The van der Waals surface area contributed by atoms with Gasteiger partial charge in [-0.1, -0.05) is 11.6 Å². The van der Waals surface area contributed by atoms with Gasteiger partial charge < -0.3 is 0 Å². The molecule has 0 radical (unpaired) electrons. The van der Waals surface area contributed by atoms with Gasteiger partial charge in [-0.05, 0) is 30.7 Å². The molecule has 0 saturated heterocycles. The zero-order valence-corrected chi connectivity index (χ0v) is 10.8. The minimum absolute atomic E-state index is 0.0134. The Labute approximate surface area is 109 Å². The first-order valence-electron chi connectivity index (χ1n) is 5.65. The molecule has 3 nitrogen and oxygen atoms in total. The third-order valence-electron chi connectivity index (χ3n) is 3.13. The molecule has 0 aliphatic rings. The lowest BCUT2D eigenvalue weighted by atomic mass is 10.1. The molecule has 2 heterocycles. The van der Waals surface area contributed by atoms with Crippen molar-refractivity contribution < 1.29 is 4.79 Å². The number of carbonyl (C=O) groups is 1. The quantitative estimate of drug-likeness (QED) is 0.615. The van der Waals surface area contributed by atoms with E-state index < -0.39 is 0 Å². The minimum Gasteiger partial charge on any atom is -0.286 e. The molecule has 0 unspecified atom stereocenters. The van der Waals surface area contributed by atoms with Crippen molar-refractivity contribution in [3.8, 4) is 0 Å². The van der Waals surface area contributed by atoms with Gasteiger partial charge in [-0.25, -0.2) is 0 Å². The van der Waals surface area contributed by atoms with Gasteiger partial charge in [0.25, 0.3) is 0 Å². The van der Waals surface area contributed by atoms with E-state index in [9.17, 15) is 4.79 Å². The summed E-state index contributed by atoms with van der Waals surface area (Å²) in [6.45, 7) is 3.52. The van der Waals surface area contributed by atoms with Crippen molar-refractivity contribution in [1.82, 2.24) is 9.55 Å². The van der Waals surface area contributed by atoms with E-state index in [-0.39, 0.29) is 5.91 Å². The maximum absolute atomic E-state index is 11.7. The average molecular weight is 259 g/mol. The second-order valence-corrected chi connectivity index (χ2v) is 4.82. The van der Waals surface area contributed by atoms with Gasteiger partial charge in [-0.2, -0.15) is 0 Å². The fourth-order valence-corrected chi connectivity index (χ4v) is 2.45. The van der Waals surface area contributed by atoms with E-state index in [4.69, 9.17) is 11.6 Å². The summed E-state index contributed by atoms with van der Waals surface area (Å²) in [6, 6.07) is 5.52. The predicted molar refractivity (Wildman–Crippen MR) is 73.3 cm³/mol. The first kappa shape index (κ1) is 11.2. The maximum Gasteiger partial charge on any atom is 0.227 e. The number of fused-ring (bicyclic) bond motifs is 3. The topological polar surface area (TPSA) is 34.9 Å². The summed E-state index contributed by atoms with van der Waals surface area (Å²) in [7, 11) is 0. The van der Waals surface area contributed by atoms with Crippen LogP contribution in [-0.4, -0.2) is 15.5 Å². The fourth-order valence-electron chi connectivity index (χ4n) is 2.28. The molecule has 0 N–H and O–H groups in total. The smallest absolute Gasteiger partial charge is 0.227 e. The van der Waals surface area contributed by atoms with Gasteiger partial charge >= 0.3 is 0 Å². The van der Waals surface area contributed by atoms with Crippen molar-refractivity contribution in [2.75, 3.05) is 0 Å². The Hall–Kier alpha value is -1.87. The van der Waals surface area contributed by atoms with Crippen LogP contribution in [0.25, 0.3) is 21.8 Å². The summed E-state index contributed by atoms with van der Waals surface area (Å²) in [5.74, 6) is -0.0134. The zero-order chi connectivity index (χ0) is 12.9. The van der Waals surface area contributed by atoms with E-state index in [2.05, 4.69) is 4.98 Å². The highest BCUT2D eigenvalue weighted by Crippen LogP contribution is 2.29. The summed E-state index contributed by atoms with van der Waals surface area (Å²) < 4.78 is 1.66. The fraction of sp³-hybridized carbons (Fsp3) is 0.143. The van der Waals surface area contributed by atoms with E-state index in [1.54, 1.807) is 23.8 Å². The van der Waals surface area contributed by atoms with Crippen LogP contribution < -0.4 is 0 Å². The summed E-state index contributed by atoms with van der Waals surface area (Å²) in [5.41, 5.74) is 2.76. The molecule has 3 rings (SSSR count). The molecule has 90 valence electrons. The number of halogens is 1. The van der Waals surface area contributed by atoms with Crippen LogP contribution in [0.2, 0.25) is 5.02 Å². The minimum atomic E-state index is -0.0134. The van der Waals surface area contributed by atoms with Gasteiger partial charge in [0, 0.05) is 35.1 Å². The first-order valence-corrected chi connectivity index (χ1v) is 6.02. The van der Waals surface area contributed by atoms with Crippen LogP contribution in [0, 0.1) is 6.92 Å². The first-order chi connectivity index (χ1) is 8.58. The van der Waals surface area contributed by atoms with E-state index in [0.29, 0.717) is 5.02 Å². The Morgan fingerprint density at radius 1 is 1.33 bits per heavy atom. The molecule has 0 fully saturated rings. The van der Waals surface area contributed by atoms with E-state index in [1.165, 1.54) is 0 Å². The Bertz CT molecular complexity index is 789. The average Bonchev–Trinajstić information content (AvgIpc) is 2.67. The van der Waals surface area contributed by atoms with E-state index in [0.717, 1.165) is 27.4 Å². The van der Waals surface area contributed by atoms with Crippen LogP contribution in [0.1, 0.15) is 17.3 Å². The highest BCUT2D eigenvalue weighted by molar-refractivity contribution is 6.31. The SMILES string of the molecule is CC(=O)n1cc(C)c2cnc3ccc(Cl)cc3c21. The van der Waals surface area contributed by atoms with Crippen molar-refractivity contribution in [3.63, 3.8) is 0 Å². The van der Waals surface area contributed by atoms with Gasteiger partial charge in [0.15, 0.2) is 0 Å². The second kappa shape index (κ2) is 3.82. The van der Waals surface area contributed by atoms with Crippen LogP contribution in [0.15, 0.2) is 30.6 Å². The standard InChI is InChI=1S/C14H11ClN2O/c1-8-7-17(9(2)18)14-11-5-10(15)3-4-13(11)16-6-12(8)14/h3-7H,1-2H3. The van der Waals surface area contributed by atoms with Gasteiger partial charge in [-0.15, -0.1) is 0 Å². The van der Waals surface area contributed by atoms with Gasteiger partial charge in [-0.3, -0.25) is 14.3 Å². The van der Waals surface area contributed by atoms with Gasteiger partial charge in [0.05, 0.1) is 11.0 Å². The molecule has 18 heavy (non-hydrogen) atoms. The number of aromatic nitrogens is 2. The summed E-state index contributed by atoms with van der Waals surface area (Å²) in [5, 5.41) is 2.54. The monoisotopic (exact) mass is 258 g/mol. The molecule has 0 saturated carbocycles. The predicted octanol–water partition coefficient (Wildman–Crippen LogP) is 3.81. The molecule has 3 aromatic rings. The van der Waals surface area contributed by atoms with Crippen molar-refractivity contribution in [2.24, 2.45) is 0 Å². The number of benzene rings is 1. The lowest BCUT2D eigenvalue weighted by molar-refractivity contribution is 0.0941. The second-order valence-electron chi connectivity index (χ2n) is 4.38. The molecule has 4 heteroatoms. The third-order valence-corrected chi connectivity index (χ3v) is 3.36. The number of nitrogens with zero attached hydrogens (tertiary/aromatic N) is 2. The molecule has 1 aromatic carbocycles. The highest BCUT2D eigenvalue weighted by atomic mass is 35.5. The number of pyridine rings is 1. The molecule has 0 aliphatic heterocycles. The Morgan fingerprint density at radius 2 is 2.11 bits per heavy atom. The van der Waals surface area contributed by atoms with Crippen LogP contribution in [-0.2, 0) is 0 Å². The number of rotatable bonds is 0. The van der Waals surface area contributed by atoms with Crippen molar-refractivity contribution in [3.05, 3.63) is 41.2 Å². The van der Waals surface area contributed by atoms with Crippen molar-refractivity contribution >= 4 is 39.3 Å². The summed E-state index contributed by atoms with van der Waals surface area (Å²) >= 11 is 6.04. The van der Waals surface area contributed by atoms with Crippen LogP contribution in [0.5, 0.6) is 0 Å². The largest absolute Gasteiger partial charge is 0.286 e. The summed E-state index contributed by atoms with van der Waals surface area (Å²) in [4.78, 5) is 16.1. The molecular weight excluding hydrogens is 248 g/mol.